The number of rotatable bonds is 5. The minimum atomic E-state index is -1.04. The summed E-state index contributed by atoms with van der Waals surface area (Å²) in [5.41, 5.74) is 6.48. The third-order valence-corrected chi connectivity index (χ3v) is 3.74. The Morgan fingerprint density at radius 1 is 1.45 bits per heavy atom. The molecule has 1 saturated carbocycles. The number of aromatic amines is 1. The topological polar surface area (TPSA) is 121 Å². The fourth-order valence-electron chi connectivity index (χ4n) is 2.49. The van der Waals surface area contributed by atoms with E-state index in [1.165, 1.54) is 6.33 Å². The van der Waals surface area contributed by atoms with Gasteiger partial charge in [0.2, 0.25) is 5.91 Å². The lowest BCUT2D eigenvalue weighted by Gasteiger charge is -2.26. The van der Waals surface area contributed by atoms with Crippen LogP contribution in [0.5, 0.6) is 0 Å². The Bertz CT molecular complexity index is 452. The van der Waals surface area contributed by atoms with Gasteiger partial charge in [-0.05, 0) is 25.7 Å². The van der Waals surface area contributed by atoms with Crippen molar-refractivity contribution in [3.63, 3.8) is 0 Å². The Morgan fingerprint density at radius 3 is 2.70 bits per heavy atom. The molecule has 1 amide bonds. The van der Waals surface area contributed by atoms with Gasteiger partial charge >= 0.3 is 5.97 Å². The van der Waals surface area contributed by atoms with E-state index in [9.17, 15) is 14.7 Å². The molecule has 20 heavy (non-hydrogen) atoms. The molecule has 0 aromatic carbocycles. The van der Waals surface area contributed by atoms with Crippen molar-refractivity contribution in [2.24, 2.45) is 11.7 Å². The summed E-state index contributed by atoms with van der Waals surface area (Å²) in [6.45, 7) is 0. The molecule has 1 atom stereocenters. The summed E-state index contributed by atoms with van der Waals surface area (Å²) in [5.74, 6) is -1.36. The number of nitrogens with two attached hydrogens (primary N) is 1. The van der Waals surface area contributed by atoms with Gasteiger partial charge in [0.15, 0.2) is 0 Å². The highest BCUT2D eigenvalue weighted by Gasteiger charge is 2.28. The smallest absolute Gasteiger partial charge is 0.326 e. The molecule has 0 radical (unpaired) electrons. The number of carboxylic acids is 1. The Hall–Kier alpha value is -1.89. The number of nitrogens with zero attached hydrogens (tertiary/aromatic N) is 1. The molecule has 0 saturated heterocycles. The van der Waals surface area contributed by atoms with E-state index in [1.54, 1.807) is 6.20 Å². The number of carbonyl (C=O) groups is 2. The van der Waals surface area contributed by atoms with E-state index >= 15 is 0 Å². The number of hydrogen-bond acceptors (Lipinski definition) is 4. The summed E-state index contributed by atoms with van der Waals surface area (Å²) < 4.78 is 0. The Kier molecular flexibility index (Phi) is 4.73. The zero-order valence-electron chi connectivity index (χ0n) is 11.2. The molecule has 7 nitrogen and oxygen atoms in total. The second-order valence-electron chi connectivity index (χ2n) is 5.29. The predicted octanol–water partition coefficient (Wildman–Crippen LogP) is 0.0391. The van der Waals surface area contributed by atoms with Gasteiger partial charge in [0.25, 0.3) is 0 Å². The van der Waals surface area contributed by atoms with Gasteiger partial charge in [-0.15, -0.1) is 0 Å². The van der Waals surface area contributed by atoms with Crippen LogP contribution in [0.2, 0.25) is 0 Å². The van der Waals surface area contributed by atoms with Crippen LogP contribution in [0.15, 0.2) is 12.5 Å². The third kappa shape index (κ3) is 3.80. The average molecular weight is 280 g/mol. The van der Waals surface area contributed by atoms with Crippen molar-refractivity contribution in [1.82, 2.24) is 15.3 Å². The number of nitrogens with one attached hydrogen (secondary N) is 2. The van der Waals surface area contributed by atoms with Gasteiger partial charge in [-0.3, -0.25) is 4.79 Å². The number of aliphatic carboxylic acids is 1. The molecule has 110 valence electrons. The molecule has 2 rings (SSSR count). The maximum atomic E-state index is 12.1. The molecule has 0 aliphatic heterocycles. The highest BCUT2D eigenvalue weighted by atomic mass is 16.4. The Morgan fingerprint density at radius 2 is 2.15 bits per heavy atom. The van der Waals surface area contributed by atoms with Gasteiger partial charge in [-0.1, -0.05) is 0 Å². The summed E-state index contributed by atoms with van der Waals surface area (Å²) >= 11 is 0. The van der Waals surface area contributed by atoms with E-state index in [2.05, 4.69) is 15.3 Å². The van der Waals surface area contributed by atoms with Gasteiger partial charge in [-0.25, -0.2) is 9.78 Å². The molecule has 7 heteroatoms. The normalized spacial score (nSPS) is 24.1. The largest absolute Gasteiger partial charge is 0.480 e. The van der Waals surface area contributed by atoms with Crippen molar-refractivity contribution in [3.05, 3.63) is 18.2 Å². The van der Waals surface area contributed by atoms with Crippen LogP contribution in [0.25, 0.3) is 0 Å². The Labute approximate surface area is 117 Å². The van der Waals surface area contributed by atoms with Crippen LogP contribution >= 0.6 is 0 Å². The van der Waals surface area contributed by atoms with E-state index in [1.807, 2.05) is 0 Å². The first kappa shape index (κ1) is 14.5. The lowest BCUT2D eigenvalue weighted by Crippen LogP contribution is -2.46. The molecule has 0 unspecified atom stereocenters. The van der Waals surface area contributed by atoms with Crippen molar-refractivity contribution in [2.45, 2.75) is 44.2 Å². The minimum Gasteiger partial charge on any atom is -0.480 e. The standard InChI is InChI=1S/C13H20N4O3/c14-9-3-1-8(2-4-9)12(18)17-11(13(19)20)5-10-6-15-7-16-10/h6-9,11H,1-5,14H2,(H,15,16)(H,17,18)(H,19,20)/t8?,9?,11-/m1/s1. The molecule has 1 fully saturated rings. The van der Waals surface area contributed by atoms with Crippen molar-refractivity contribution in [1.29, 1.82) is 0 Å². The molecule has 1 heterocycles. The lowest BCUT2D eigenvalue weighted by molar-refractivity contribution is -0.142. The number of amides is 1. The van der Waals surface area contributed by atoms with Gasteiger partial charge < -0.3 is 21.1 Å². The Balaban J connectivity index is 1.90. The molecular formula is C13H20N4O3. The van der Waals surface area contributed by atoms with Crippen molar-refractivity contribution < 1.29 is 14.7 Å². The highest BCUT2D eigenvalue weighted by molar-refractivity contribution is 5.85. The number of H-pyrrole nitrogens is 1. The van der Waals surface area contributed by atoms with Gasteiger partial charge in [0.05, 0.1) is 6.33 Å². The predicted molar refractivity (Wildman–Crippen MR) is 71.8 cm³/mol. The van der Waals surface area contributed by atoms with E-state index < -0.39 is 12.0 Å². The van der Waals surface area contributed by atoms with Crippen LogP contribution in [-0.2, 0) is 16.0 Å². The quantitative estimate of drug-likeness (QED) is 0.606. The SMILES string of the molecule is NC1CCC(C(=O)N[C@H](Cc2cnc[nH]2)C(=O)O)CC1. The first-order valence-electron chi connectivity index (χ1n) is 6.82. The molecule has 0 bridgehead atoms. The third-order valence-electron chi connectivity index (χ3n) is 3.74. The minimum absolute atomic E-state index is 0.126. The van der Waals surface area contributed by atoms with Crippen molar-refractivity contribution in [2.75, 3.05) is 0 Å². The van der Waals surface area contributed by atoms with E-state index in [0.29, 0.717) is 5.69 Å². The zero-order valence-corrected chi connectivity index (χ0v) is 11.2. The van der Waals surface area contributed by atoms with E-state index in [-0.39, 0.29) is 24.3 Å². The van der Waals surface area contributed by atoms with Crippen LogP contribution in [0, 0.1) is 5.92 Å². The summed E-state index contributed by atoms with van der Waals surface area (Å²) in [6, 6.07) is -0.766. The molecule has 5 N–H and O–H groups in total. The van der Waals surface area contributed by atoms with Crippen molar-refractivity contribution >= 4 is 11.9 Å². The molecule has 1 aromatic rings. The number of carbonyl (C=O) groups excluding carboxylic acids is 1. The fraction of sp³-hybridized carbons (Fsp3) is 0.615. The van der Waals surface area contributed by atoms with E-state index in [0.717, 1.165) is 25.7 Å². The van der Waals surface area contributed by atoms with Gasteiger partial charge in [-0.2, -0.15) is 0 Å². The number of carboxylic acid groups (broad SMARTS) is 1. The van der Waals surface area contributed by atoms with Crippen LogP contribution in [0.3, 0.4) is 0 Å². The number of imidazole rings is 1. The first-order chi connectivity index (χ1) is 9.56. The number of hydrogen-bond donors (Lipinski definition) is 4. The summed E-state index contributed by atoms with van der Waals surface area (Å²) in [7, 11) is 0. The van der Waals surface area contributed by atoms with Gasteiger partial charge in [0, 0.05) is 30.3 Å². The molecule has 0 spiro atoms. The van der Waals surface area contributed by atoms with Gasteiger partial charge in [0.1, 0.15) is 6.04 Å². The second kappa shape index (κ2) is 6.51. The zero-order chi connectivity index (χ0) is 14.5. The highest BCUT2D eigenvalue weighted by Crippen LogP contribution is 2.23. The molecule has 1 aliphatic rings. The van der Waals surface area contributed by atoms with Crippen LogP contribution in [0.1, 0.15) is 31.4 Å². The van der Waals surface area contributed by atoms with Crippen LogP contribution < -0.4 is 11.1 Å². The summed E-state index contributed by atoms with van der Waals surface area (Å²) in [6.07, 6.45) is 6.33. The van der Waals surface area contributed by atoms with Crippen molar-refractivity contribution in [3.8, 4) is 0 Å². The maximum absolute atomic E-state index is 12.1. The molecular weight excluding hydrogens is 260 g/mol. The molecule has 1 aliphatic carbocycles. The second-order valence-corrected chi connectivity index (χ2v) is 5.29. The summed E-state index contributed by atoms with van der Waals surface area (Å²) in [4.78, 5) is 30.0. The van der Waals surface area contributed by atoms with Crippen LogP contribution in [0.4, 0.5) is 0 Å². The van der Waals surface area contributed by atoms with E-state index in [4.69, 9.17) is 5.73 Å². The van der Waals surface area contributed by atoms with Crippen LogP contribution in [-0.4, -0.2) is 39.0 Å². The monoisotopic (exact) mass is 280 g/mol. The lowest BCUT2D eigenvalue weighted by atomic mass is 9.85. The first-order valence-corrected chi connectivity index (χ1v) is 6.82. The number of aromatic nitrogens is 2. The maximum Gasteiger partial charge on any atom is 0.326 e. The average Bonchev–Trinajstić information content (AvgIpc) is 2.91. The fourth-order valence-corrected chi connectivity index (χ4v) is 2.49. The summed E-state index contributed by atoms with van der Waals surface area (Å²) in [5, 5.41) is 11.8. The molecule has 1 aromatic heterocycles.